The Bertz CT molecular complexity index is 621. The molecule has 1 aliphatic carbocycles. The van der Waals surface area contributed by atoms with Crippen molar-refractivity contribution in [2.75, 3.05) is 10.6 Å². The molecule has 6 nitrogen and oxygen atoms in total. The molecular weight excluding hydrogens is 258 g/mol. The van der Waals surface area contributed by atoms with E-state index in [-0.39, 0.29) is 5.56 Å². The van der Waals surface area contributed by atoms with E-state index in [0.29, 0.717) is 24.1 Å². The van der Waals surface area contributed by atoms with E-state index < -0.39 is 5.97 Å². The second-order valence-electron chi connectivity index (χ2n) is 4.88. The highest BCUT2D eigenvalue weighted by Crippen LogP contribution is 2.35. The first-order chi connectivity index (χ1) is 9.65. The molecular formula is C14H15N3O3. The highest BCUT2D eigenvalue weighted by molar-refractivity contribution is 5.89. The highest BCUT2D eigenvalue weighted by Gasteiger charge is 2.31. The summed E-state index contributed by atoms with van der Waals surface area (Å²) in [5.41, 5.74) is 6.43. The molecule has 3 N–H and O–H groups in total. The Hall–Kier alpha value is -2.50. The van der Waals surface area contributed by atoms with Crippen molar-refractivity contribution in [2.24, 2.45) is 0 Å². The van der Waals surface area contributed by atoms with Crippen LogP contribution < -0.4 is 10.6 Å². The number of rotatable bonds is 5. The van der Waals surface area contributed by atoms with Gasteiger partial charge in [0.2, 0.25) is 0 Å². The molecule has 2 aromatic heterocycles. The van der Waals surface area contributed by atoms with Crippen molar-refractivity contribution in [1.29, 1.82) is 0 Å². The van der Waals surface area contributed by atoms with Gasteiger partial charge in [0.1, 0.15) is 5.76 Å². The van der Waals surface area contributed by atoms with E-state index in [0.717, 1.165) is 18.6 Å². The minimum Gasteiger partial charge on any atom is -0.478 e. The third-order valence-electron chi connectivity index (χ3n) is 3.31. The maximum absolute atomic E-state index is 10.9. The molecule has 1 aliphatic rings. The van der Waals surface area contributed by atoms with Crippen LogP contribution in [0.25, 0.3) is 0 Å². The van der Waals surface area contributed by atoms with E-state index in [1.165, 1.54) is 12.3 Å². The Kier molecular flexibility index (Phi) is 3.06. The van der Waals surface area contributed by atoms with Crippen LogP contribution in [0.15, 0.2) is 35.1 Å². The number of nitrogens with zero attached hydrogens (tertiary/aromatic N) is 2. The number of carboxylic acids is 1. The van der Waals surface area contributed by atoms with Crippen molar-refractivity contribution in [3.63, 3.8) is 0 Å². The van der Waals surface area contributed by atoms with Crippen molar-refractivity contribution >= 4 is 17.5 Å². The van der Waals surface area contributed by atoms with Gasteiger partial charge in [0.05, 0.1) is 24.1 Å². The standard InChI is InChI=1S/C14H15N3O3/c15-12-6-9(14(18)19)7-16-13(12)17(10-3-4-10)8-11-2-1-5-20-11/h1-2,5-7,10H,3-4,8,15H2,(H,18,19). The van der Waals surface area contributed by atoms with E-state index in [1.807, 2.05) is 12.1 Å². The second-order valence-corrected chi connectivity index (χ2v) is 4.88. The van der Waals surface area contributed by atoms with Crippen LogP contribution in [0.3, 0.4) is 0 Å². The molecule has 0 saturated heterocycles. The van der Waals surface area contributed by atoms with Crippen LogP contribution >= 0.6 is 0 Å². The van der Waals surface area contributed by atoms with E-state index in [4.69, 9.17) is 15.3 Å². The Morgan fingerprint density at radius 1 is 1.55 bits per heavy atom. The number of nitrogens with two attached hydrogens (primary N) is 1. The number of anilines is 2. The Morgan fingerprint density at radius 3 is 2.90 bits per heavy atom. The summed E-state index contributed by atoms with van der Waals surface area (Å²) < 4.78 is 5.36. The quantitative estimate of drug-likeness (QED) is 0.866. The average Bonchev–Trinajstić information content (AvgIpc) is 3.14. The lowest BCUT2D eigenvalue weighted by Crippen LogP contribution is -2.27. The molecule has 6 heteroatoms. The van der Waals surface area contributed by atoms with E-state index in [9.17, 15) is 4.79 Å². The lowest BCUT2D eigenvalue weighted by Gasteiger charge is -2.23. The zero-order chi connectivity index (χ0) is 14.1. The van der Waals surface area contributed by atoms with Gasteiger partial charge in [-0.05, 0) is 31.0 Å². The maximum Gasteiger partial charge on any atom is 0.337 e. The number of furan rings is 1. The van der Waals surface area contributed by atoms with E-state index >= 15 is 0 Å². The van der Waals surface area contributed by atoms with Crippen molar-refractivity contribution in [3.8, 4) is 0 Å². The van der Waals surface area contributed by atoms with Crippen LogP contribution in [0.2, 0.25) is 0 Å². The molecule has 0 spiro atoms. The highest BCUT2D eigenvalue weighted by atomic mass is 16.4. The minimum absolute atomic E-state index is 0.0972. The number of aromatic nitrogens is 1. The zero-order valence-corrected chi connectivity index (χ0v) is 10.8. The number of nitrogen functional groups attached to an aromatic ring is 1. The van der Waals surface area contributed by atoms with Crippen molar-refractivity contribution in [1.82, 2.24) is 4.98 Å². The normalized spacial score (nSPS) is 14.2. The molecule has 0 aromatic carbocycles. The summed E-state index contributed by atoms with van der Waals surface area (Å²) >= 11 is 0. The fourth-order valence-corrected chi connectivity index (χ4v) is 2.17. The van der Waals surface area contributed by atoms with Gasteiger partial charge < -0.3 is 20.2 Å². The van der Waals surface area contributed by atoms with Crippen molar-refractivity contribution < 1.29 is 14.3 Å². The molecule has 0 aliphatic heterocycles. The minimum atomic E-state index is -1.03. The van der Waals surface area contributed by atoms with E-state index in [1.54, 1.807) is 6.26 Å². The molecule has 0 bridgehead atoms. The summed E-state index contributed by atoms with van der Waals surface area (Å²) in [6.45, 7) is 0.585. The Morgan fingerprint density at radius 2 is 2.35 bits per heavy atom. The number of hydrogen-bond acceptors (Lipinski definition) is 5. The van der Waals surface area contributed by atoms with Gasteiger partial charge in [-0.3, -0.25) is 0 Å². The molecule has 1 saturated carbocycles. The first kappa shape index (κ1) is 12.5. The van der Waals surface area contributed by atoms with Gasteiger partial charge in [0.25, 0.3) is 0 Å². The van der Waals surface area contributed by atoms with Gasteiger partial charge in [0, 0.05) is 12.2 Å². The molecule has 0 amide bonds. The van der Waals surface area contributed by atoms with Gasteiger partial charge in [-0.25, -0.2) is 9.78 Å². The van der Waals surface area contributed by atoms with Crippen LogP contribution in [0.5, 0.6) is 0 Å². The smallest absolute Gasteiger partial charge is 0.337 e. The fourth-order valence-electron chi connectivity index (χ4n) is 2.17. The van der Waals surface area contributed by atoms with Gasteiger partial charge in [-0.15, -0.1) is 0 Å². The lowest BCUT2D eigenvalue weighted by atomic mass is 10.2. The lowest BCUT2D eigenvalue weighted by molar-refractivity contribution is 0.0696. The molecule has 20 heavy (non-hydrogen) atoms. The third-order valence-corrected chi connectivity index (χ3v) is 3.31. The number of hydrogen-bond donors (Lipinski definition) is 2. The average molecular weight is 273 g/mol. The van der Waals surface area contributed by atoms with E-state index in [2.05, 4.69) is 9.88 Å². The monoisotopic (exact) mass is 273 g/mol. The first-order valence-corrected chi connectivity index (χ1v) is 6.43. The Balaban J connectivity index is 1.89. The summed E-state index contributed by atoms with van der Waals surface area (Å²) in [7, 11) is 0. The van der Waals surface area contributed by atoms with Crippen LogP contribution in [-0.2, 0) is 6.54 Å². The third kappa shape index (κ3) is 2.45. The van der Waals surface area contributed by atoms with Crippen LogP contribution in [0.4, 0.5) is 11.5 Å². The SMILES string of the molecule is Nc1cc(C(=O)O)cnc1N(Cc1ccco1)C1CC1. The Labute approximate surface area is 115 Å². The summed E-state index contributed by atoms with van der Waals surface area (Å²) in [5, 5.41) is 8.94. The number of pyridine rings is 1. The summed E-state index contributed by atoms with van der Waals surface area (Å²) in [6.07, 6.45) is 5.14. The first-order valence-electron chi connectivity index (χ1n) is 6.43. The van der Waals surface area contributed by atoms with Gasteiger partial charge in [0.15, 0.2) is 5.82 Å². The number of carboxylic acid groups (broad SMARTS) is 1. The zero-order valence-electron chi connectivity index (χ0n) is 10.8. The van der Waals surface area contributed by atoms with Gasteiger partial charge in [-0.2, -0.15) is 0 Å². The summed E-state index contributed by atoms with van der Waals surface area (Å²) in [5.74, 6) is 0.425. The van der Waals surface area contributed by atoms with Crippen LogP contribution in [-0.4, -0.2) is 22.1 Å². The predicted octanol–water partition coefficient (Wildman–Crippen LogP) is 2.12. The molecule has 1 fully saturated rings. The number of carbonyl (C=O) groups is 1. The second kappa shape index (κ2) is 4.88. The fraction of sp³-hybridized carbons (Fsp3) is 0.286. The predicted molar refractivity (Wildman–Crippen MR) is 73.5 cm³/mol. The number of aromatic carboxylic acids is 1. The molecule has 2 heterocycles. The largest absolute Gasteiger partial charge is 0.478 e. The molecule has 0 radical (unpaired) electrons. The molecule has 3 rings (SSSR count). The summed E-state index contributed by atoms with van der Waals surface area (Å²) in [4.78, 5) is 17.2. The van der Waals surface area contributed by atoms with Crippen LogP contribution in [0, 0.1) is 0 Å². The molecule has 104 valence electrons. The molecule has 0 unspecified atom stereocenters. The van der Waals surface area contributed by atoms with Gasteiger partial charge >= 0.3 is 5.97 Å². The molecule has 0 atom stereocenters. The van der Waals surface area contributed by atoms with Crippen LogP contribution in [0.1, 0.15) is 29.0 Å². The topological polar surface area (TPSA) is 92.6 Å². The van der Waals surface area contributed by atoms with Gasteiger partial charge in [-0.1, -0.05) is 0 Å². The van der Waals surface area contributed by atoms with Crippen molar-refractivity contribution in [3.05, 3.63) is 42.0 Å². The molecule has 2 aromatic rings. The summed E-state index contributed by atoms with van der Waals surface area (Å²) in [6, 6.07) is 5.58. The van der Waals surface area contributed by atoms with Crippen molar-refractivity contribution in [2.45, 2.75) is 25.4 Å². The maximum atomic E-state index is 10.9.